The molecule has 0 aliphatic rings. The Kier molecular flexibility index (Phi) is 5.63. The first-order valence-electron chi connectivity index (χ1n) is 7.06. The molecule has 0 aliphatic carbocycles. The summed E-state index contributed by atoms with van der Waals surface area (Å²) >= 11 is 6.14. The lowest BCUT2D eigenvalue weighted by atomic mass is 10.1. The number of rotatable bonds is 6. The van der Waals surface area contributed by atoms with Gasteiger partial charge in [-0.2, -0.15) is 0 Å². The van der Waals surface area contributed by atoms with Crippen LogP contribution in [0.5, 0.6) is 5.75 Å². The van der Waals surface area contributed by atoms with Crippen LogP contribution in [0.4, 0.5) is 10.1 Å². The highest BCUT2D eigenvalue weighted by Crippen LogP contribution is 2.28. The zero-order valence-electron chi connectivity index (χ0n) is 12.6. The fourth-order valence-electron chi connectivity index (χ4n) is 2.32. The predicted octanol–water partition coefficient (Wildman–Crippen LogP) is 4.01. The van der Waals surface area contributed by atoms with Crippen molar-refractivity contribution in [1.29, 1.82) is 0 Å². The van der Waals surface area contributed by atoms with Gasteiger partial charge in [-0.25, -0.2) is 4.39 Å². The van der Waals surface area contributed by atoms with Gasteiger partial charge in [-0.15, -0.1) is 0 Å². The number of methoxy groups -OCH3 is 1. The maximum Gasteiger partial charge on any atom is 0.131 e. The van der Waals surface area contributed by atoms with E-state index in [2.05, 4.69) is 0 Å². The van der Waals surface area contributed by atoms with Gasteiger partial charge in [0.25, 0.3) is 0 Å². The number of aliphatic hydroxyl groups is 1. The second-order valence-corrected chi connectivity index (χ2v) is 5.28. The van der Waals surface area contributed by atoms with Crippen molar-refractivity contribution >= 4 is 17.3 Å². The molecule has 118 valence electrons. The van der Waals surface area contributed by atoms with Gasteiger partial charge >= 0.3 is 0 Å². The zero-order chi connectivity index (χ0) is 16.1. The first-order valence-corrected chi connectivity index (χ1v) is 7.44. The monoisotopic (exact) mass is 323 g/mol. The summed E-state index contributed by atoms with van der Waals surface area (Å²) in [7, 11) is 1.53. The molecule has 0 amide bonds. The summed E-state index contributed by atoms with van der Waals surface area (Å²) in [6.07, 6.45) is 0. The number of hydrogen-bond donors (Lipinski definition) is 1. The van der Waals surface area contributed by atoms with Gasteiger partial charge in [-0.1, -0.05) is 23.7 Å². The highest BCUT2D eigenvalue weighted by molar-refractivity contribution is 6.31. The molecule has 0 fully saturated rings. The Morgan fingerprint density at radius 2 is 2.05 bits per heavy atom. The molecule has 0 aliphatic heterocycles. The van der Waals surface area contributed by atoms with E-state index in [1.807, 2.05) is 17.9 Å². The molecule has 0 unspecified atom stereocenters. The fourth-order valence-corrected chi connectivity index (χ4v) is 2.56. The van der Waals surface area contributed by atoms with Gasteiger partial charge < -0.3 is 14.7 Å². The molecule has 0 atom stereocenters. The minimum absolute atomic E-state index is 0.105. The van der Waals surface area contributed by atoms with Crippen LogP contribution in [0.2, 0.25) is 5.02 Å². The molecule has 0 spiro atoms. The molecule has 2 aromatic rings. The van der Waals surface area contributed by atoms with E-state index in [0.29, 0.717) is 35.0 Å². The van der Waals surface area contributed by atoms with Crippen LogP contribution in [0.1, 0.15) is 18.1 Å². The Morgan fingerprint density at radius 1 is 1.27 bits per heavy atom. The number of anilines is 1. The third-order valence-electron chi connectivity index (χ3n) is 3.60. The Labute approximate surface area is 134 Å². The van der Waals surface area contributed by atoms with E-state index in [4.69, 9.17) is 16.3 Å². The van der Waals surface area contributed by atoms with E-state index in [9.17, 15) is 9.50 Å². The van der Waals surface area contributed by atoms with E-state index < -0.39 is 0 Å². The topological polar surface area (TPSA) is 32.7 Å². The number of halogens is 2. The summed E-state index contributed by atoms with van der Waals surface area (Å²) in [6, 6.07) is 10.2. The first-order chi connectivity index (χ1) is 10.6. The molecule has 3 nitrogen and oxygen atoms in total. The van der Waals surface area contributed by atoms with E-state index >= 15 is 0 Å². The largest absolute Gasteiger partial charge is 0.496 e. The molecule has 2 rings (SSSR count). The molecule has 0 radical (unpaired) electrons. The minimum Gasteiger partial charge on any atom is -0.496 e. The van der Waals surface area contributed by atoms with Crippen molar-refractivity contribution in [1.82, 2.24) is 0 Å². The molecule has 0 saturated heterocycles. The Bertz CT molecular complexity index is 649. The zero-order valence-corrected chi connectivity index (χ0v) is 13.4. The minimum atomic E-state index is -0.295. The number of ether oxygens (including phenoxy) is 1. The van der Waals surface area contributed by atoms with E-state index in [1.165, 1.54) is 13.2 Å². The highest BCUT2D eigenvalue weighted by atomic mass is 35.5. The van der Waals surface area contributed by atoms with Gasteiger partial charge in [0.15, 0.2) is 0 Å². The van der Waals surface area contributed by atoms with Gasteiger partial charge in [-0.3, -0.25) is 0 Å². The normalized spacial score (nSPS) is 10.6. The number of aliphatic hydroxyl groups excluding tert-OH is 1. The first kappa shape index (κ1) is 16.6. The second kappa shape index (κ2) is 7.47. The maximum atomic E-state index is 14.1. The lowest BCUT2D eigenvalue weighted by molar-refractivity contribution is 0.282. The van der Waals surface area contributed by atoms with Gasteiger partial charge in [0.1, 0.15) is 11.6 Å². The summed E-state index contributed by atoms with van der Waals surface area (Å²) in [5, 5.41) is 9.68. The molecule has 0 heterocycles. The molecule has 5 heteroatoms. The molecule has 22 heavy (non-hydrogen) atoms. The summed E-state index contributed by atoms with van der Waals surface area (Å²) in [4.78, 5) is 1.99. The number of hydrogen-bond acceptors (Lipinski definition) is 3. The van der Waals surface area contributed by atoms with Gasteiger partial charge in [0.05, 0.1) is 13.7 Å². The predicted molar refractivity (Wildman–Crippen MR) is 87.1 cm³/mol. The van der Waals surface area contributed by atoms with Gasteiger partial charge in [0, 0.05) is 29.4 Å². The third kappa shape index (κ3) is 3.51. The Morgan fingerprint density at radius 3 is 2.64 bits per heavy atom. The van der Waals surface area contributed by atoms with Gasteiger partial charge in [-0.05, 0) is 36.8 Å². The van der Waals surface area contributed by atoms with Gasteiger partial charge in [0.2, 0.25) is 0 Å². The van der Waals surface area contributed by atoms with Crippen molar-refractivity contribution in [3.63, 3.8) is 0 Å². The average Bonchev–Trinajstić information content (AvgIpc) is 2.53. The van der Waals surface area contributed by atoms with Crippen LogP contribution in [-0.2, 0) is 13.2 Å². The number of nitrogens with zero attached hydrogens (tertiary/aromatic N) is 1. The molecule has 1 N–H and O–H groups in total. The highest BCUT2D eigenvalue weighted by Gasteiger charge is 2.14. The van der Waals surface area contributed by atoms with Crippen molar-refractivity contribution in [3.8, 4) is 5.75 Å². The van der Waals surface area contributed by atoms with Crippen LogP contribution in [0, 0.1) is 5.82 Å². The van der Waals surface area contributed by atoms with E-state index in [0.717, 1.165) is 5.69 Å². The fraction of sp³-hybridized carbons (Fsp3) is 0.294. The molecular formula is C17H19ClFNO2. The van der Waals surface area contributed by atoms with Crippen molar-refractivity contribution in [2.75, 3.05) is 18.6 Å². The van der Waals surface area contributed by atoms with Crippen molar-refractivity contribution in [3.05, 3.63) is 58.4 Å². The molecule has 0 saturated carbocycles. The van der Waals surface area contributed by atoms with Crippen LogP contribution in [0.25, 0.3) is 0 Å². The van der Waals surface area contributed by atoms with Crippen LogP contribution in [0.3, 0.4) is 0 Å². The van der Waals surface area contributed by atoms with E-state index in [1.54, 1.807) is 24.3 Å². The van der Waals surface area contributed by atoms with E-state index in [-0.39, 0.29) is 12.4 Å². The Hall–Kier alpha value is -1.78. The van der Waals surface area contributed by atoms with Crippen LogP contribution < -0.4 is 9.64 Å². The molecule has 2 aromatic carbocycles. The Balaban J connectivity index is 2.32. The summed E-state index contributed by atoms with van der Waals surface area (Å²) < 4.78 is 19.3. The lowest BCUT2D eigenvalue weighted by Gasteiger charge is -2.25. The quantitative estimate of drug-likeness (QED) is 0.872. The average molecular weight is 324 g/mol. The summed E-state index contributed by atoms with van der Waals surface area (Å²) in [5.41, 5.74) is 2.05. The smallest absolute Gasteiger partial charge is 0.131 e. The summed E-state index contributed by atoms with van der Waals surface area (Å²) in [5.74, 6) is 0.229. The molecule has 0 bridgehead atoms. The third-order valence-corrected chi connectivity index (χ3v) is 3.95. The lowest BCUT2D eigenvalue weighted by Crippen LogP contribution is -2.23. The van der Waals surface area contributed by atoms with Crippen molar-refractivity contribution < 1.29 is 14.2 Å². The number of benzene rings is 2. The molecule has 0 aromatic heterocycles. The van der Waals surface area contributed by atoms with Crippen LogP contribution in [0.15, 0.2) is 36.4 Å². The van der Waals surface area contributed by atoms with Crippen molar-refractivity contribution in [2.24, 2.45) is 0 Å². The summed E-state index contributed by atoms with van der Waals surface area (Å²) in [6.45, 7) is 2.95. The SMILES string of the molecule is CCN(Cc1c(F)cccc1OC)c1ccc(CO)c(Cl)c1. The standard InChI is InChI=1S/C17H19ClFNO2/c1-3-20(13-8-7-12(11-21)15(18)9-13)10-14-16(19)5-4-6-17(14)22-2/h4-9,21H,3,10-11H2,1-2H3. The van der Waals surface area contributed by atoms with Crippen LogP contribution in [-0.4, -0.2) is 18.8 Å². The molecular weight excluding hydrogens is 305 g/mol. The van der Waals surface area contributed by atoms with Crippen LogP contribution >= 0.6 is 11.6 Å². The maximum absolute atomic E-state index is 14.1. The second-order valence-electron chi connectivity index (χ2n) is 4.87. The van der Waals surface area contributed by atoms with Crippen molar-refractivity contribution in [2.45, 2.75) is 20.1 Å².